The first-order valence-electron chi connectivity index (χ1n) is 8.20. The molecule has 1 aliphatic rings. The quantitative estimate of drug-likeness (QED) is 0.715. The van der Waals surface area contributed by atoms with Gasteiger partial charge in [0.25, 0.3) is 0 Å². The number of hydrogen-bond donors (Lipinski definition) is 1. The van der Waals surface area contributed by atoms with E-state index in [1.807, 2.05) is 37.3 Å². The summed E-state index contributed by atoms with van der Waals surface area (Å²) in [4.78, 5) is 30.0. The lowest BCUT2D eigenvalue weighted by molar-refractivity contribution is -0.138. The van der Waals surface area contributed by atoms with Gasteiger partial charge in [0.15, 0.2) is 0 Å². The molecule has 6 nitrogen and oxygen atoms in total. The molecule has 1 N–H and O–H groups in total. The Balaban J connectivity index is 2.11. The SMILES string of the molecule is C[C@H]1C[C@@H](C=O)[C@@](c2nc(Br)cs2)(N(Cc2ccccc2)C(=O)O)CO1. The van der Waals surface area contributed by atoms with Gasteiger partial charge in [-0.05, 0) is 34.8 Å². The Morgan fingerprint density at radius 1 is 1.50 bits per heavy atom. The summed E-state index contributed by atoms with van der Waals surface area (Å²) >= 11 is 4.66. The third kappa shape index (κ3) is 3.54. The molecule has 0 bridgehead atoms. The lowest BCUT2D eigenvalue weighted by Crippen LogP contribution is -2.59. The Morgan fingerprint density at radius 2 is 2.23 bits per heavy atom. The van der Waals surface area contributed by atoms with E-state index in [4.69, 9.17) is 4.74 Å². The van der Waals surface area contributed by atoms with Crippen molar-refractivity contribution in [3.05, 3.63) is 50.9 Å². The summed E-state index contributed by atoms with van der Waals surface area (Å²) in [7, 11) is 0. The van der Waals surface area contributed by atoms with Crippen molar-refractivity contribution in [2.75, 3.05) is 6.61 Å². The number of rotatable bonds is 5. The van der Waals surface area contributed by atoms with Crippen molar-refractivity contribution < 1.29 is 19.4 Å². The minimum Gasteiger partial charge on any atom is -0.465 e. The molecule has 8 heteroatoms. The van der Waals surface area contributed by atoms with Crippen LogP contribution in [0.15, 0.2) is 40.3 Å². The van der Waals surface area contributed by atoms with Gasteiger partial charge in [-0.3, -0.25) is 4.90 Å². The largest absolute Gasteiger partial charge is 0.465 e. The van der Waals surface area contributed by atoms with Crippen molar-refractivity contribution in [1.82, 2.24) is 9.88 Å². The maximum atomic E-state index is 12.3. The number of carbonyl (C=O) groups excluding carboxylic acids is 1. The van der Waals surface area contributed by atoms with Crippen LogP contribution >= 0.6 is 27.3 Å². The highest BCUT2D eigenvalue weighted by Crippen LogP contribution is 2.44. The van der Waals surface area contributed by atoms with E-state index in [2.05, 4.69) is 20.9 Å². The van der Waals surface area contributed by atoms with Crippen LogP contribution < -0.4 is 0 Å². The van der Waals surface area contributed by atoms with Gasteiger partial charge >= 0.3 is 6.09 Å². The summed E-state index contributed by atoms with van der Waals surface area (Å²) in [5.74, 6) is -0.538. The Bertz CT molecular complexity index is 785. The monoisotopic (exact) mass is 438 g/mol. The van der Waals surface area contributed by atoms with Gasteiger partial charge in [-0.1, -0.05) is 30.3 Å². The number of carboxylic acid groups (broad SMARTS) is 1. The molecule has 3 atom stereocenters. The van der Waals surface area contributed by atoms with Crippen molar-refractivity contribution >= 4 is 39.6 Å². The van der Waals surface area contributed by atoms with Crippen molar-refractivity contribution in [2.24, 2.45) is 5.92 Å². The predicted octanol–water partition coefficient (Wildman–Crippen LogP) is 3.91. The highest BCUT2D eigenvalue weighted by Gasteiger charge is 2.53. The summed E-state index contributed by atoms with van der Waals surface area (Å²) in [6, 6.07) is 9.33. The van der Waals surface area contributed by atoms with Crippen molar-refractivity contribution in [3.8, 4) is 0 Å². The number of aromatic nitrogens is 1. The zero-order valence-electron chi connectivity index (χ0n) is 14.2. The van der Waals surface area contributed by atoms with Gasteiger partial charge in [0.1, 0.15) is 21.4 Å². The summed E-state index contributed by atoms with van der Waals surface area (Å²) in [5.41, 5.74) is -0.305. The zero-order valence-corrected chi connectivity index (χ0v) is 16.6. The number of halogens is 1. The van der Waals surface area contributed by atoms with Gasteiger partial charge in [-0.15, -0.1) is 11.3 Å². The van der Waals surface area contributed by atoms with Crippen LogP contribution in [0.4, 0.5) is 4.79 Å². The molecule has 138 valence electrons. The van der Waals surface area contributed by atoms with Gasteiger partial charge in [-0.2, -0.15) is 0 Å². The first-order valence-corrected chi connectivity index (χ1v) is 9.87. The maximum Gasteiger partial charge on any atom is 0.408 e. The van der Waals surface area contributed by atoms with Gasteiger partial charge in [0, 0.05) is 11.3 Å². The van der Waals surface area contributed by atoms with Crippen LogP contribution in [0.2, 0.25) is 0 Å². The first-order chi connectivity index (χ1) is 12.5. The van der Waals surface area contributed by atoms with E-state index in [1.165, 1.54) is 16.2 Å². The van der Waals surface area contributed by atoms with E-state index < -0.39 is 17.6 Å². The highest BCUT2D eigenvalue weighted by molar-refractivity contribution is 9.10. The Labute approximate surface area is 163 Å². The molecule has 1 fully saturated rings. The molecule has 1 saturated heterocycles. The second-order valence-electron chi connectivity index (χ2n) is 6.35. The van der Waals surface area contributed by atoms with E-state index in [0.717, 1.165) is 11.8 Å². The lowest BCUT2D eigenvalue weighted by atomic mass is 9.78. The number of benzene rings is 1. The number of carbonyl (C=O) groups is 2. The fourth-order valence-electron chi connectivity index (χ4n) is 3.38. The minimum absolute atomic E-state index is 0.0939. The molecule has 3 rings (SSSR count). The molecule has 0 aliphatic carbocycles. The third-order valence-corrected chi connectivity index (χ3v) is 6.41. The molecule has 2 heterocycles. The number of aldehydes is 1. The molecule has 0 unspecified atom stereocenters. The normalized spacial score (nSPS) is 25.6. The van der Waals surface area contributed by atoms with Crippen molar-refractivity contribution in [2.45, 2.75) is 31.5 Å². The van der Waals surface area contributed by atoms with Crippen LogP contribution in [0.25, 0.3) is 0 Å². The molecule has 1 aromatic carbocycles. The zero-order chi connectivity index (χ0) is 18.7. The van der Waals surface area contributed by atoms with Crippen LogP contribution in [0, 0.1) is 5.92 Å². The standard InChI is InChI=1S/C18H19BrN2O4S/c1-12-7-14(9-22)18(11-25-12,16-20-15(19)10-26-16)21(17(23)24)8-13-5-3-2-4-6-13/h2-6,9-10,12,14H,7-8,11H2,1H3,(H,23,24)/t12-,14-,18-/m0/s1. The van der Waals surface area contributed by atoms with Crippen LogP contribution in [-0.4, -0.2) is 40.1 Å². The summed E-state index contributed by atoms with van der Waals surface area (Å²) in [6.07, 6.45) is 0.0633. The first kappa shape index (κ1) is 19.0. The second kappa shape index (κ2) is 7.85. The van der Waals surface area contributed by atoms with Crippen LogP contribution in [0.1, 0.15) is 23.9 Å². The molecule has 2 aromatic rings. The summed E-state index contributed by atoms with van der Waals surface area (Å²) in [5, 5.41) is 12.4. The van der Waals surface area contributed by atoms with Gasteiger partial charge in [-0.25, -0.2) is 9.78 Å². The highest BCUT2D eigenvalue weighted by atomic mass is 79.9. The Kier molecular flexibility index (Phi) is 5.74. The van der Waals surface area contributed by atoms with Crippen molar-refractivity contribution in [1.29, 1.82) is 0 Å². The van der Waals surface area contributed by atoms with Crippen LogP contribution in [-0.2, 0) is 21.6 Å². The molecular weight excluding hydrogens is 420 g/mol. The number of ether oxygens (including phenoxy) is 1. The number of amides is 1. The molecule has 0 spiro atoms. The van der Waals surface area contributed by atoms with Crippen LogP contribution in [0.3, 0.4) is 0 Å². The second-order valence-corrected chi connectivity index (χ2v) is 8.02. The molecule has 0 radical (unpaired) electrons. The fourth-order valence-corrected chi connectivity index (χ4v) is 4.89. The molecular formula is C18H19BrN2O4S. The van der Waals surface area contributed by atoms with Gasteiger partial charge in [0.2, 0.25) is 0 Å². The van der Waals surface area contributed by atoms with E-state index in [1.54, 1.807) is 5.38 Å². The topological polar surface area (TPSA) is 79.7 Å². The van der Waals surface area contributed by atoms with Crippen molar-refractivity contribution in [3.63, 3.8) is 0 Å². The molecule has 1 aromatic heterocycles. The molecule has 0 saturated carbocycles. The van der Waals surface area contributed by atoms with E-state index in [-0.39, 0.29) is 19.3 Å². The Hall–Kier alpha value is -1.77. The van der Waals surface area contributed by atoms with E-state index in [0.29, 0.717) is 16.0 Å². The summed E-state index contributed by atoms with van der Waals surface area (Å²) in [6.45, 7) is 2.13. The molecule has 1 amide bonds. The van der Waals surface area contributed by atoms with Gasteiger partial charge in [0.05, 0.1) is 19.3 Å². The Morgan fingerprint density at radius 3 is 2.81 bits per heavy atom. The van der Waals surface area contributed by atoms with Crippen LogP contribution in [0.5, 0.6) is 0 Å². The molecule has 26 heavy (non-hydrogen) atoms. The minimum atomic E-state index is -1.15. The number of thiazole rings is 1. The average Bonchev–Trinajstić information content (AvgIpc) is 3.07. The van der Waals surface area contributed by atoms with Gasteiger partial charge < -0.3 is 14.6 Å². The summed E-state index contributed by atoms with van der Waals surface area (Å²) < 4.78 is 6.46. The number of hydrogen-bond acceptors (Lipinski definition) is 5. The predicted molar refractivity (Wildman–Crippen MR) is 101 cm³/mol. The van der Waals surface area contributed by atoms with E-state index >= 15 is 0 Å². The third-order valence-electron chi connectivity index (χ3n) is 4.69. The maximum absolute atomic E-state index is 12.3. The van der Waals surface area contributed by atoms with E-state index in [9.17, 15) is 14.7 Å². The number of nitrogens with zero attached hydrogens (tertiary/aromatic N) is 2. The smallest absolute Gasteiger partial charge is 0.408 e. The fraction of sp³-hybridized carbons (Fsp3) is 0.389. The average molecular weight is 439 g/mol. The lowest BCUT2D eigenvalue weighted by Gasteiger charge is -2.48. The molecule has 1 aliphatic heterocycles.